The molecule has 3 saturated carbocycles. The van der Waals surface area contributed by atoms with E-state index in [1.54, 1.807) is 12.1 Å². The molecule has 0 bridgehead atoms. The van der Waals surface area contributed by atoms with Crippen LogP contribution in [0.1, 0.15) is 77.7 Å². The molecule has 31 heavy (non-hydrogen) atoms. The minimum Gasteiger partial charge on any atom is -0.462 e. The number of hydrogen-bond acceptors (Lipinski definition) is 5. The van der Waals surface area contributed by atoms with E-state index in [0.29, 0.717) is 12.3 Å². The van der Waals surface area contributed by atoms with E-state index in [2.05, 4.69) is 20.8 Å². The molecule has 1 aromatic rings. The number of ether oxygens (including phenoxy) is 1. The monoisotopic (exact) mass is 427 g/mol. The van der Waals surface area contributed by atoms with Crippen LogP contribution in [0.3, 0.4) is 0 Å². The van der Waals surface area contributed by atoms with E-state index < -0.39 is 5.41 Å². The van der Waals surface area contributed by atoms with Gasteiger partial charge < -0.3 is 4.74 Å². The van der Waals surface area contributed by atoms with Crippen molar-refractivity contribution >= 4 is 17.4 Å². The van der Waals surface area contributed by atoms with Crippen LogP contribution in [0.15, 0.2) is 24.3 Å². The van der Waals surface area contributed by atoms with Gasteiger partial charge >= 0.3 is 5.97 Å². The molecule has 4 rings (SSSR count). The number of rotatable bonds is 5. The maximum atomic E-state index is 13.4. The van der Waals surface area contributed by atoms with Gasteiger partial charge in [-0.1, -0.05) is 39.3 Å². The van der Waals surface area contributed by atoms with Crippen molar-refractivity contribution < 1.29 is 19.2 Å². The van der Waals surface area contributed by atoms with Gasteiger partial charge in [0.2, 0.25) is 0 Å². The third-order valence-electron chi connectivity index (χ3n) is 8.45. The zero-order chi connectivity index (χ0) is 22.4. The Kier molecular flexibility index (Phi) is 5.69. The van der Waals surface area contributed by atoms with Crippen LogP contribution < -0.4 is 0 Å². The molecule has 3 aliphatic carbocycles. The lowest BCUT2D eigenvalue weighted by Gasteiger charge is -2.51. The zero-order valence-corrected chi connectivity index (χ0v) is 18.8. The van der Waals surface area contributed by atoms with Crippen LogP contribution in [0.5, 0.6) is 0 Å². The van der Waals surface area contributed by atoms with Crippen molar-refractivity contribution in [1.29, 1.82) is 0 Å². The Balaban J connectivity index is 1.56. The first-order valence-electron chi connectivity index (χ1n) is 11.6. The van der Waals surface area contributed by atoms with Crippen molar-refractivity contribution in [2.24, 2.45) is 23.2 Å². The van der Waals surface area contributed by atoms with E-state index in [4.69, 9.17) is 4.74 Å². The minimum atomic E-state index is -0.585. The molecule has 0 N–H and O–H groups in total. The number of nitrogens with zero attached hydrogens (tertiary/aromatic N) is 1. The summed E-state index contributed by atoms with van der Waals surface area (Å²) in [5.41, 5.74) is 0.222. The molecule has 0 saturated heterocycles. The van der Waals surface area contributed by atoms with Crippen LogP contribution in [0.25, 0.3) is 0 Å². The van der Waals surface area contributed by atoms with Crippen LogP contribution in [0, 0.1) is 33.3 Å². The summed E-state index contributed by atoms with van der Waals surface area (Å²) >= 11 is 0. The molecule has 0 aromatic heterocycles. The molecular formula is C25H33NO5. The summed E-state index contributed by atoms with van der Waals surface area (Å²) in [4.78, 5) is 36.4. The average molecular weight is 428 g/mol. The molecule has 0 aliphatic heterocycles. The second-order valence-electron chi connectivity index (χ2n) is 10.6. The highest BCUT2D eigenvalue weighted by molar-refractivity contribution is 5.92. The topological polar surface area (TPSA) is 86.5 Å². The Labute approximate surface area is 183 Å². The summed E-state index contributed by atoms with van der Waals surface area (Å²) in [7, 11) is 0. The summed E-state index contributed by atoms with van der Waals surface area (Å²) in [6.07, 6.45) is 6.35. The number of nitro groups is 1. The van der Waals surface area contributed by atoms with Crippen LogP contribution >= 0.6 is 0 Å². The van der Waals surface area contributed by atoms with Crippen molar-refractivity contribution in [3.63, 3.8) is 0 Å². The lowest BCUT2D eigenvalue weighted by atomic mass is 9.53. The summed E-state index contributed by atoms with van der Waals surface area (Å²) in [6, 6.07) is 6.76. The van der Waals surface area contributed by atoms with E-state index in [9.17, 15) is 19.7 Å². The number of carbonyl (C=O) groups is 2. The first-order chi connectivity index (χ1) is 14.6. The van der Waals surface area contributed by atoms with Crippen molar-refractivity contribution in [2.75, 3.05) is 0 Å². The average Bonchev–Trinajstić information content (AvgIpc) is 2.69. The predicted octanol–water partition coefficient (Wildman–Crippen LogP) is 5.37. The third-order valence-corrected chi connectivity index (χ3v) is 8.45. The van der Waals surface area contributed by atoms with Crippen molar-refractivity contribution in [2.45, 2.75) is 83.7 Å². The molecule has 6 heteroatoms. The lowest BCUT2D eigenvalue weighted by molar-refractivity contribution is -0.384. The first-order valence-corrected chi connectivity index (χ1v) is 11.6. The van der Waals surface area contributed by atoms with Gasteiger partial charge in [0.15, 0.2) is 0 Å². The Bertz CT molecular complexity index is 876. The molecule has 5 atom stereocenters. The van der Waals surface area contributed by atoms with Gasteiger partial charge in [0.05, 0.1) is 10.3 Å². The highest BCUT2D eigenvalue weighted by Gasteiger charge is 2.58. The van der Waals surface area contributed by atoms with Gasteiger partial charge in [0.25, 0.3) is 5.69 Å². The van der Waals surface area contributed by atoms with Crippen molar-refractivity contribution in [3.8, 4) is 0 Å². The summed E-state index contributed by atoms with van der Waals surface area (Å²) in [5.74, 6) is 0.526. The SMILES string of the molecule is C[C@@H]1CC[C@@H](C(C)(C)c2ccc([N+](=O)[O-])cc2)[C@H](OC(=O)[C@]23CCCC(=O)[C@H]2CC3)C1. The quantitative estimate of drug-likeness (QED) is 0.358. The van der Waals surface area contributed by atoms with Gasteiger partial charge in [-0.25, -0.2) is 0 Å². The second-order valence-corrected chi connectivity index (χ2v) is 10.6. The largest absolute Gasteiger partial charge is 0.462 e. The number of fused-ring (bicyclic) bond motifs is 1. The third kappa shape index (κ3) is 3.79. The Morgan fingerprint density at radius 1 is 1.16 bits per heavy atom. The van der Waals surface area contributed by atoms with Crippen LogP contribution in [0.4, 0.5) is 5.69 Å². The van der Waals surface area contributed by atoms with Crippen LogP contribution in [-0.4, -0.2) is 22.8 Å². The summed E-state index contributed by atoms with van der Waals surface area (Å²) in [5, 5.41) is 11.0. The first kappa shape index (κ1) is 22.0. The van der Waals surface area contributed by atoms with Crippen LogP contribution in [0.2, 0.25) is 0 Å². The molecule has 1 aromatic carbocycles. The van der Waals surface area contributed by atoms with E-state index in [1.807, 2.05) is 12.1 Å². The number of ketones is 1. The van der Waals surface area contributed by atoms with E-state index in [1.165, 1.54) is 0 Å². The standard InChI is InChI=1S/C25H33NO5/c1-16-6-11-20(24(2,3)17-7-9-18(10-8-17)26(29)30)22(15-16)31-23(28)25-13-4-5-21(27)19(25)12-14-25/h7-10,16,19-20,22H,4-6,11-15H2,1-3H3/t16-,19-,20-,22-,25+/m1/s1. The Morgan fingerprint density at radius 3 is 2.48 bits per heavy atom. The zero-order valence-electron chi connectivity index (χ0n) is 18.8. The van der Waals surface area contributed by atoms with Crippen LogP contribution in [-0.2, 0) is 19.7 Å². The molecule has 3 aliphatic rings. The molecule has 6 nitrogen and oxygen atoms in total. The maximum Gasteiger partial charge on any atom is 0.313 e. The molecule has 0 heterocycles. The van der Waals surface area contributed by atoms with Gasteiger partial charge in [-0.05, 0) is 55.4 Å². The second kappa shape index (κ2) is 8.03. The fraction of sp³-hybridized carbons (Fsp3) is 0.680. The molecular weight excluding hydrogens is 394 g/mol. The number of nitro benzene ring substituents is 1. The predicted molar refractivity (Wildman–Crippen MR) is 117 cm³/mol. The van der Waals surface area contributed by atoms with E-state index in [-0.39, 0.29) is 45.7 Å². The normalized spacial score (nSPS) is 33.2. The molecule has 0 radical (unpaired) electrons. The van der Waals surface area contributed by atoms with Gasteiger partial charge in [-0.2, -0.15) is 0 Å². The molecule has 0 spiro atoms. The van der Waals surface area contributed by atoms with E-state index in [0.717, 1.165) is 50.5 Å². The Hall–Kier alpha value is -2.24. The number of carbonyl (C=O) groups excluding carboxylic acids is 2. The van der Waals surface area contributed by atoms with Crippen molar-refractivity contribution in [1.82, 2.24) is 0 Å². The summed E-state index contributed by atoms with van der Waals surface area (Å²) < 4.78 is 6.26. The van der Waals surface area contributed by atoms with E-state index >= 15 is 0 Å². The highest BCUT2D eigenvalue weighted by Crippen LogP contribution is 2.55. The fourth-order valence-electron chi connectivity index (χ4n) is 6.27. The van der Waals surface area contributed by atoms with Crippen molar-refractivity contribution in [3.05, 3.63) is 39.9 Å². The van der Waals surface area contributed by atoms with Gasteiger partial charge in [-0.3, -0.25) is 19.7 Å². The number of non-ortho nitro benzene ring substituents is 1. The Morgan fingerprint density at radius 2 is 1.87 bits per heavy atom. The smallest absolute Gasteiger partial charge is 0.313 e. The molecule has 0 unspecified atom stereocenters. The summed E-state index contributed by atoms with van der Waals surface area (Å²) in [6.45, 7) is 6.49. The number of Topliss-reactive ketones (excluding diaryl/α,β-unsaturated/α-hetero) is 1. The fourth-order valence-corrected chi connectivity index (χ4v) is 6.27. The van der Waals surface area contributed by atoms with Gasteiger partial charge in [-0.15, -0.1) is 0 Å². The molecule has 0 amide bonds. The number of hydrogen-bond donors (Lipinski definition) is 0. The van der Waals surface area contributed by atoms with Gasteiger partial charge in [0.1, 0.15) is 11.9 Å². The molecule has 3 fully saturated rings. The number of esters is 1. The number of benzene rings is 1. The maximum absolute atomic E-state index is 13.4. The minimum absolute atomic E-state index is 0.0804. The highest BCUT2D eigenvalue weighted by atomic mass is 16.6. The molecule has 168 valence electrons. The van der Waals surface area contributed by atoms with Gasteiger partial charge in [0, 0.05) is 30.4 Å². The lowest BCUT2D eigenvalue weighted by Crippen LogP contribution is -2.55.